The molecule has 1 aliphatic carbocycles. The molecule has 2 aromatic rings. The Morgan fingerprint density at radius 1 is 1.30 bits per heavy atom. The van der Waals surface area contributed by atoms with Gasteiger partial charge in [-0.25, -0.2) is 13.4 Å². The average molecular weight is 487 g/mol. The van der Waals surface area contributed by atoms with Gasteiger partial charge in [-0.3, -0.25) is 4.79 Å². The number of rotatable bonds is 6. The van der Waals surface area contributed by atoms with E-state index in [0.29, 0.717) is 48.5 Å². The Hall–Kier alpha value is -2.45. The Morgan fingerprint density at radius 3 is 2.73 bits per heavy atom. The molecule has 2 aliphatic rings. The highest BCUT2D eigenvalue weighted by Gasteiger charge is 2.26. The lowest BCUT2D eigenvalue weighted by Gasteiger charge is -2.26. The summed E-state index contributed by atoms with van der Waals surface area (Å²) in [7, 11) is -3.57. The number of nitriles is 1. The molecule has 1 N–H and O–H groups in total. The number of benzene rings is 1. The van der Waals surface area contributed by atoms with E-state index >= 15 is 0 Å². The quantitative estimate of drug-likeness (QED) is 0.625. The van der Waals surface area contributed by atoms with Gasteiger partial charge in [0.05, 0.1) is 29.4 Å². The van der Waals surface area contributed by atoms with Gasteiger partial charge in [-0.2, -0.15) is 9.57 Å². The number of thioether (sulfide) groups is 1. The van der Waals surface area contributed by atoms with Crippen LogP contribution in [0, 0.1) is 17.2 Å². The fraction of sp³-hybridized carbons (Fsp3) is 0.435. The van der Waals surface area contributed by atoms with E-state index in [1.54, 1.807) is 12.1 Å². The minimum atomic E-state index is -3.57. The van der Waals surface area contributed by atoms with E-state index in [-0.39, 0.29) is 16.6 Å². The molecule has 0 spiro atoms. The number of carbonyl (C=O) groups is 1. The number of hydrogen-bond acceptors (Lipinski definition) is 7. The number of amides is 1. The number of ether oxygens (including phenoxy) is 1. The van der Waals surface area contributed by atoms with Crippen molar-refractivity contribution in [2.45, 2.75) is 36.1 Å². The van der Waals surface area contributed by atoms with Gasteiger partial charge in [0.1, 0.15) is 11.1 Å². The van der Waals surface area contributed by atoms with Crippen LogP contribution in [-0.2, 0) is 32.4 Å². The van der Waals surface area contributed by atoms with Gasteiger partial charge in [0.15, 0.2) is 0 Å². The third-order valence-electron chi connectivity index (χ3n) is 5.80. The highest BCUT2D eigenvalue weighted by molar-refractivity contribution is 8.00. The molecular weight excluding hydrogens is 460 g/mol. The lowest BCUT2D eigenvalue weighted by Crippen LogP contribution is -2.40. The molecule has 1 amide bonds. The second kappa shape index (κ2) is 10.2. The number of hydrogen-bond donors (Lipinski definition) is 1. The van der Waals surface area contributed by atoms with Crippen molar-refractivity contribution in [2.75, 3.05) is 37.4 Å². The first-order valence-electron chi connectivity index (χ1n) is 10.9. The highest BCUT2D eigenvalue weighted by atomic mass is 32.2. The fourth-order valence-corrected chi connectivity index (χ4v) is 6.18. The van der Waals surface area contributed by atoms with Gasteiger partial charge in [0.25, 0.3) is 0 Å². The van der Waals surface area contributed by atoms with Crippen molar-refractivity contribution in [2.24, 2.45) is 5.92 Å². The summed E-state index contributed by atoms with van der Waals surface area (Å²) in [6.45, 7) is 3.64. The molecule has 33 heavy (non-hydrogen) atoms. The average Bonchev–Trinajstić information content (AvgIpc) is 2.83. The van der Waals surface area contributed by atoms with Crippen LogP contribution in [0.3, 0.4) is 0 Å². The first-order chi connectivity index (χ1) is 15.9. The van der Waals surface area contributed by atoms with Crippen LogP contribution >= 0.6 is 11.8 Å². The minimum absolute atomic E-state index is 0.102. The highest BCUT2D eigenvalue weighted by Crippen LogP contribution is 2.29. The summed E-state index contributed by atoms with van der Waals surface area (Å²) in [4.78, 5) is 17.3. The predicted molar refractivity (Wildman–Crippen MR) is 126 cm³/mol. The summed E-state index contributed by atoms with van der Waals surface area (Å²) < 4.78 is 32.0. The Kier molecular flexibility index (Phi) is 7.34. The molecule has 2 heterocycles. The van der Waals surface area contributed by atoms with Crippen LogP contribution in [0.15, 0.2) is 40.3 Å². The van der Waals surface area contributed by atoms with Crippen molar-refractivity contribution >= 4 is 33.4 Å². The SMILES string of the molecule is CC1CCc2nc(SCC(=O)Nc3ccc(S(=O)(=O)N4CCOCC4)cc3)c(C#N)cc2C1. The summed E-state index contributed by atoms with van der Waals surface area (Å²) >= 11 is 1.24. The number of carbonyl (C=O) groups excluding carboxylic acids is 1. The maximum atomic E-state index is 12.7. The summed E-state index contributed by atoms with van der Waals surface area (Å²) in [5.41, 5.74) is 3.16. The largest absolute Gasteiger partial charge is 0.379 e. The van der Waals surface area contributed by atoms with Gasteiger partial charge >= 0.3 is 0 Å². The van der Waals surface area contributed by atoms with E-state index in [1.807, 2.05) is 6.07 Å². The molecular formula is C23H26N4O4S2. The Labute approximate surface area is 198 Å². The number of morpholine rings is 1. The Bertz CT molecular complexity index is 1170. The van der Waals surface area contributed by atoms with Crippen LogP contribution in [0.25, 0.3) is 0 Å². The van der Waals surface area contributed by atoms with Crippen LogP contribution in [0.5, 0.6) is 0 Å². The van der Waals surface area contributed by atoms with Crippen LogP contribution in [0.2, 0.25) is 0 Å². The zero-order valence-corrected chi connectivity index (χ0v) is 20.0. The Balaban J connectivity index is 1.37. The lowest BCUT2D eigenvalue weighted by atomic mass is 9.87. The van der Waals surface area contributed by atoms with E-state index in [2.05, 4.69) is 23.3 Å². The molecule has 1 unspecified atom stereocenters. The third kappa shape index (κ3) is 5.55. The van der Waals surface area contributed by atoms with Crippen molar-refractivity contribution in [3.05, 3.63) is 47.2 Å². The zero-order chi connectivity index (χ0) is 23.4. The van der Waals surface area contributed by atoms with Crippen molar-refractivity contribution in [3.63, 3.8) is 0 Å². The van der Waals surface area contributed by atoms with E-state index in [1.165, 1.54) is 28.2 Å². The summed E-state index contributed by atoms with van der Waals surface area (Å²) in [6.07, 6.45) is 2.90. The number of fused-ring (bicyclic) bond motifs is 1. The van der Waals surface area contributed by atoms with Crippen LogP contribution in [0.1, 0.15) is 30.2 Å². The van der Waals surface area contributed by atoms with Gasteiger partial charge in [-0.1, -0.05) is 18.7 Å². The molecule has 0 bridgehead atoms. The normalized spacial score (nSPS) is 18.8. The van der Waals surface area contributed by atoms with Crippen LogP contribution in [-0.4, -0.2) is 55.7 Å². The number of anilines is 1. The Morgan fingerprint density at radius 2 is 2.03 bits per heavy atom. The lowest BCUT2D eigenvalue weighted by molar-refractivity contribution is -0.113. The number of aryl methyl sites for hydroxylation is 1. The molecule has 0 saturated carbocycles. The molecule has 1 aromatic carbocycles. The van der Waals surface area contributed by atoms with Crippen LogP contribution < -0.4 is 5.32 Å². The molecule has 0 radical (unpaired) electrons. The van der Waals surface area contributed by atoms with Crippen molar-refractivity contribution in [3.8, 4) is 6.07 Å². The standard InChI is InChI=1S/C23H26N4O4S2/c1-16-2-7-21-17(12-16)13-18(14-24)23(26-21)32-15-22(28)25-19-3-5-20(6-4-19)33(29,30)27-8-10-31-11-9-27/h3-6,13,16H,2,7-12,15H2,1H3,(H,25,28). The van der Waals surface area contributed by atoms with Gasteiger partial charge in [-0.05, 0) is 61.1 Å². The van der Waals surface area contributed by atoms with Crippen molar-refractivity contribution in [1.29, 1.82) is 5.26 Å². The number of nitrogens with one attached hydrogen (secondary N) is 1. The van der Waals surface area contributed by atoms with E-state index in [9.17, 15) is 18.5 Å². The molecule has 174 valence electrons. The van der Waals surface area contributed by atoms with Gasteiger partial charge in [-0.15, -0.1) is 0 Å². The molecule has 1 saturated heterocycles. The molecule has 1 aromatic heterocycles. The van der Waals surface area contributed by atoms with Gasteiger partial charge in [0.2, 0.25) is 15.9 Å². The predicted octanol–water partition coefficient (Wildman–Crippen LogP) is 2.83. The van der Waals surface area contributed by atoms with Crippen molar-refractivity contribution in [1.82, 2.24) is 9.29 Å². The molecule has 1 aliphatic heterocycles. The third-order valence-corrected chi connectivity index (χ3v) is 8.71. The maximum Gasteiger partial charge on any atom is 0.243 e. The second-order valence-corrected chi connectivity index (χ2v) is 11.2. The molecule has 1 atom stereocenters. The number of aromatic nitrogens is 1. The molecule has 8 nitrogen and oxygen atoms in total. The number of sulfonamides is 1. The zero-order valence-electron chi connectivity index (χ0n) is 18.4. The van der Waals surface area contributed by atoms with Crippen molar-refractivity contribution < 1.29 is 17.9 Å². The summed E-state index contributed by atoms with van der Waals surface area (Å²) in [5.74, 6) is 0.441. The van der Waals surface area contributed by atoms with E-state index in [0.717, 1.165) is 30.5 Å². The molecule has 10 heteroatoms. The van der Waals surface area contributed by atoms with E-state index in [4.69, 9.17) is 4.74 Å². The van der Waals surface area contributed by atoms with Gasteiger partial charge < -0.3 is 10.1 Å². The molecule has 1 fully saturated rings. The number of pyridine rings is 1. The minimum Gasteiger partial charge on any atom is -0.379 e. The van der Waals surface area contributed by atoms with Crippen LogP contribution in [0.4, 0.5) is 5.69 Å². The summed E-state index contributed by atoms with van der Waals surface area (Å²) in [5, 5.41) is 12.9. The first kappa shape index (κ1) is 23.7. The fourth-order valence-electron chi connectivity index (χ4n) is 4.00. The first-order valence-corrected chi connectivity index (χ1v) is 13.3. The smallest absolute Gasteiger partial charge is 0.243 e. The summed E-state index contributed by atoms with van der Waals surface area (Å²) in [6, 6.07) is 10.2. The van der Waals surface area contributed by atoms with E-state index < -0.39 is 10.0 Å². The molecule has 4 rings (SSSR count). The topological polar surface area (TPSA) is 112 Å². The second-order valence-electron chi connectivity index (χ2n) is 8.28. The maximum absolute atomic E-state index is 12.7. The monoisotopic (exact) mass is 486 g/mol. The number of nitrogens with zero attached hydrogens (tertiary/aromatic N) is 3. The van der Waals surface area contributed by atoms with Gasteiger partial charge in [0, 0.05) is 24.5 Å².